The number of nitrogens with one attached hydrogen (secondary N) is 1. The summed E-state index contributed by atoms with van der Waals surface area (Å²) in [6.07, 6.45) is 0.142. The molecule has 6 heteroatoms. The fraction of sp³-hybridized carbons (Fsp3) is 0.833. The summed E-state index contributed by atoms with van der Waals surface area (Å²) in [4.78, 5) is 25.2. The lowest BCUT2D eigenvalue weighted by atomic mass is 10.2. The van der Waals surface area contributed by atoms with Crippen molar-refractivity contribution in [3.63, 3.8) is 0 Å². The molecule has 0 aromatic carbocycles. The number of amides is 2. The minimum absolute atomic E-state index is 0.0799. The summed E-state index contributed by atoms with van der Waals surface area (Å²) in [6, 6.07) is -0.524. The highest BCUT2D eigenvalue weighted by Crippen LogP contribution is 2.02. The van der Waals surface area contributed by atoms with E-state index in [4.69, 9.17) is 9.84 Å². The van der Waals surface area contributed by atoms with Gasteiger partial charge >= 0.3 is 0 Å². The third kappa shape index (κ3) is 5.01. The van der Waals surface area contributed by atoms with Gasteiger partial charge in [0.15, 0.2) is 0 Å². The predicted octanol–water partition coefficient (Wildman–Crippen LogP) is -0.489. The molecule has 18 heavy (non-hydrogen) atoms. The molecule has 0 bridgehead atoms. The first-order valence-electron chi connectivity index (χ1n) is 6.34. The van der Waals surface area contributed by atoms with Gasteiger partial charge in [-0.15, -0.1) is 0 Å². The number of rotatable bonds is 5. The van der Waals surface area contributed by atoms with Crippen molar-refractivity contribution in [2.45, 2.75) is 38.8 Å². The third-order valence-electron chi connectivity index (χ3n) is 2.86. The van der Waals surface area contributed by atoms with Crippen molar-refractivity contribution in [3.8, 4) is 0 Å². The molecule has 0 saturated carbocycles. The Labute approximate surface area is 107 Å². The van der Waals surface area contributed by atoms with Crippen LogP contribution in [0.2, 0.25) is 0 Å². The van der Waals surface area contributed by atoms with Crippen LogP contribution in [-0.2, 0) is 14.3 Å². The Morgan fingerprint density at radius 2 is 1.94 bits per heavy atom. The molecule has 0 aromatic heterocycles. The molecule has 0 spiro atoms. The van der Waals surface area contributed by atoms with Gasteiger partial charge < -0.3 is 20.1 Å². The van der Waals surface area contributed by atoms with Crippen molar-refractivity contribution in [2.75, 3.05) is 26.3 Å². The standard InChI is InChI=1S/C12H22N2O4/c1-9(15)3-4-11(16)13-10(2)12(17)14-5-7-18-8-6-14/h9-10,15H,3-8H2,1-2H3,(H,13,16). The summed E-state index contributed by atoms with van der Waals surface area (Å²) in [5, 5.41) is 11.7. The number of ether oxygens (including phenoxy) is 1. The highest BCUT2D eigenvalue weighted by atomic mass is 16.5. The summed E-state index contributed by atoms with van der Waals surface area (Å²) in [5.74, 6) is -0.284. The van der Waals surface area contributed by atoms with Crippen LogP contribution in [0.1, 0.15) is 26.7 Å². The Morgan fingerprint density at radius 3 is 2.50 bits per heavy atom. The van der Waals surface area contributed by atoms with E-state index < -0.39 is 12.1 Å². The van der Waals surface area contributed by atoms with Gasteiger partial charge in [0.25, 0.3) is 0 Å². The van der Waals surface area contributed by atoms with Crippen LogP contribution in [0.15, 0.2) is 0 Å². The van der Waals surface area contributed by atoms with E-state index in [1.165, 1.54) is 0 Å². The molecule has 2 unspecified atom stereocenters. The van der Waals surface area contributed by atoms with Crippen molar-refractivity contribution in [1.29, 1.82) is 0 Å². The van der Waals surface area contributed by atoms with Crippen LogP contribution in [0.5, 0.6) is 0 Å². The van der Waals surface area contributed by atoms with Crippen molar-refractivity contribution >= 4 is 11.8 Å². The number of carbonyl (C=O) groups is 2. The lowest BCUT2D eigenvalue weighted by Crippen LogP contribution is -2.50. The molecule has 1 aliphatic heterocycles. The number of hydrogen-bond acceptors (Lipinski definition) is 4. The second-order valence-electron chi connectivity index (χ2n) is 4.61. The zero-order valence-corrected chi connectivity index (χ0v) is 11.0. The molecule has 2 atom stereocenters. The Balaban J connectivity index is 2.32. The minimum Gasteiger partial charge on any atom is -0.393 e. The quantitative estimate of drug-likeness (QED) is 0.697. The molecule has 2 amide bonds. The van der Waals surface area contributed by atoms with E-state index in [2.05, 4.69) is 5.32 Å². The van der Waals surface area contributed by atoms with Crippen LogP contribution in [0, 0.1) is 0 Å². The molecule has 1 saturated heterocycles. The van der Waals surface area contributed by atoms with Crippen molar-refractivity contribution in [1.82, 2.24) is 10.2 Å². The molecule has 1 aliphatic rings. The van der Waals surface area contributed by atoms with E-state index in [1.54, 1.807) is 18.7 Å². The van der Waals surface area contributed by atoms with E-state index in [0.717, 1.165) is 0 Å². The zero-order valence-electron chi connectivity index (χ0n) is 11.0. The fourth-order valence-electron chi connectivity index (χ4n) is 1.77. The Hall–Kier alpha value is -1.14. The molecule has 1 fully saturated rings. The Bertz CT molecular complexity index is 288. The van der Waals surface area contributed by atoms with Crippen LogP contribution < -0.4 is 5.32 Å². The zero-order chi connectivity index (χ0) is 13.5. The molecule has 0 aliphatic carbocycles. The van der Waals surface area contributed by atoms with E-state index in [1.807, 2.05) is 0 Å². The first-order valence-corrected chi connectivity index (χ1v) is 6.34. The minimum atomic E-state index is -0.524. The number of hydrogen-bond donors (Lipinski definition) is 2. The molecule has 6 nitrogen and oxygen atoms in total. The van der Waals surface area contributed by atoms with Gasteiger partial charge in [0.1, 0.15) is 6.04 Å². The number of nitrogens with zero attached hydrogens (tertiary/aromatic N) is 1. The first-order chi connectivity index (χ1) is 8.50. The van der Waals surface area contributed by atoms with E-state index in [0.29, 0.717) is 32.7 Å². The van der Waals surface area contributed by atoms with Gasteiger partial charge in [0.2, 0.25) is 11.8 Å². The molecule has 1 rings (SSSR count). The maximum Gasteiger partial charge on any atom is 0.245 e. The predicted molar refractivity (Wildman–Crippen MR) is 65.9 cm³/mol. The van der Waals surface area contributed by atoms with Crippen LogP contribution >= 0.6 is 0 Å². The van der Waals surface area contributed by atoms with Crippen molar-refractivity contribution in [3.05, 3.63) is 0 Å². The summed E-state index contributed by atoms with van der Waals surface area (Å²) >= 11 is 0. The van der Waals surface area contributed by atoms with Gasteiger partial charge in [0.05, 0.1) is 19.3 Å². The number of morpholine rings is 1. The normalized spacial score (nSPS) is 19.2. The molecular weight excluding hydrogens is 236 g/mol. The third-order valence-corrected chi connectivity index (χ3v) is 2.86. The average Bonchev–Trinajstić information content (AvgIpc) is 2.36. The van der Waals surface area contributed by atoms with Crippen molar-refractivity contribution < 1.29 is 19.4 Å². The Morgan fingerprint density at radius 1 is 1.33 bits per heavy atom. The average molecular weight is 258 g/mol. The number of aliphatic hydroxyl groups is 1. The lowest BCUT2D eigenvalue weighted by Gasteiger charge is -2.29. The number of aliphatic hydroxyl groups excluding tert-OH is 1. The van der Waals surface area contributed by atoms with E-state index in [9.17, 15) is 9.59 Å². The molecule has 104 valence electrons. The van der Waals surface area contributed by atoms with E-state index in [-0.39, 0.29) is 18.2 Å². The Kier molecular flexibility index (Phi) is 6.07. The SMILES string of the molecule is CC(O)CCC(=O)NC(C)C(=O)N1CCOCC1. The van der Waals surface area contributed by atoms with Gasteiger partial charge in [-0.3, -0.25) is 9.59 Å². The fourth-order valence-corrected chi connectivity index (χ4v) is 1.77. The van der Waals surface area contributed by atoms with E-state index >= 15 is 0 Å². The van der Waals surface area contributed by atoms with Crippen LogP contribution in [0.4, 0.5) is 0 Å². The molecule has 1 heterocycles. The maximum atomic E-state index is 12.0. The first kappa shape index (κ1) is 14.9. The molecule has 0 aromatic rings. The number of carbonyl (C=O) groups excluding carboxylic acids is 2. The summed E-state index contributed by atoms with van der Waals surface area (Å²) < 4.78 is 5.17. The molecule has 2 N–H and O–H groups in total. The van der Waals surface area contributed by atoms with Gasteiger partial charge in [-0.25, -0.2) is 0 Å². The molecule has 0 radical (unpaired) electrons. The van der Waals surface area contributed by atoms with Gasteiger partial charge in [-0.1, -0.05) is 0 Å². The maximum absolute atomic E-state index is 12.0. The second-order valence-corrected chi connectivity index (χ2v) is 4.61. The van der Waals surface area contributed by atoms with Gasteiger partial charge in [-0.2, -0.15) is 0 Å². The molecular formula is C12H22N2O4. The van der Waals surface area contributed by atoms with Crippen LogP contribution in [-0.4, -0.2) is 60.3 Å². The van der Waals surface area contributed by atoms with Gasteiger partial charge in [0, 0.05) is 19.5 Å². The van der Waals surface area contributed by atoms with Gasteiger partial charge in [-0.05, 0) is 20.3 Å². The van der Waals surface area contributed by atoms with Crippen LogP contribution in [0.3, 0.4) is 0 Å². The summed E-state index contributed by atoms with van der Waals surface area (Å²) in [6.45, 7) is 5.57. The highest BCUT2D eigenvalue weighted by Gasteiger charge is 2.23. The summed E-state index contributed by atoms with van der Waals surface area (Å²) in [5.41, 5.74) is 0. The topological polar surface area (TPSA) is 78.9 Å². The lowest BCUT2D eigenvalue weighted by molar-refractivity contribution is -0.139. The smallest absolute Gasteiger partial charge is 0.245 e. The largest absolute Gasteiger partial charge is 0.393 e. The highest BCUT2D eigenvalue weighted by molar-refractivity contribution is 5.87. The second kappa shape index (κ2) is 7.33. The van der Waals surface area contributed by atoms with Crippen LogP contribution in [0.25, 0.3) is 0 Å². The monoisotopic (exact) mass is 258 g/mol. The van der Waals surface area contributed by atoms with Crippen molar-refractivity contribution in [2.24, 2.45) is 0 Å². The summed E-state index contributed by atoms with van der Waals surface area (Å²) in [7, 11) is 0.